The van der Waals surface area contributed by atoms with Crippen molar-refractivity contribution in [2.75, 3.05) is 31.8 Å². The molecule has 3 atom stereocenters. The molecular formula is C21H23FN2O3. The molecule has 0 aliphatic carbocycles. The molecule has 1 amide bonds. The third kappa shape index (κ3) is 3.04. The summed E-state index contributed by atoms with van der Waals surface area (Å²) in [6, 6.07) is 14.5. The van der Waals surface area contributed by atoms with Crippen LogP contribution >= 0.6 is 0 Å². The van der Waals surface area contributed by atoms with Crippen LogP contribution in [0.25, 0.3) is 0 Å². The molecule has 2 aliphatic rings. The number of rotatable bonds is 5. The van der Waals surface area contributed by atoms with Crippen molar-refractivity contribution in [2.24, 2.45) is 0 Å². The highest BCUT2D eigenvalue weighted by atomic mass is 19.1. The lowest BCUT2D eigenvalue weighted by molar-refractivity contribution is -0.123. The first kappa shape index (κ1) is 18.1. The van der Waals surface area contributed by atoms with Crippen molar-refractivity contribution < 1.29 is 19.0 Å². The van der Waals surface area contributed by atoms with Crippen LogP contribution in [0, 0.1) is 5.82 Å². The van der Waals surface area contributed by atoms with E-state index >= 15 is 0 Å². The molecule has 1 saturated heterocycles. The number of nitrogens with zero attached hydrogens (tertiary/aromatic N) is 2. The van der Waals surface area contributed by atoms with Crippen molar-refractivity contribution in [3.63, 3.8) is 0 Å². The second kappa shape index (κ2) is 7.38. The fourth-order valence-corrected chi connectivity index (χ4v) is 4.46. The van der Waals surface area contributed by atoms with Gasteiger partial charge in [-0.15, -0.1) is 0 Å². The maximum atomic E-state index is 14.1. The Balaban J connectivity index is 1.66. The molecule has 2 aromatic carbocycles. The third-order valence-corrected chi connectivity index (χ3v) is 5.70. The third-order valence-electron chi connectivity index (χ3n) is 5.70. The number of hydrogen-bond donors (Lipinski definition) is 1. The number of carbonyl (C=O) groups is 1. The number of anilines is 1. The molecule has 0 bridgehead atoms. The van der Waals surface area contributed by atoms with Gasteiger partial charge in [0.2, 0.25) is 0 Å². The van der Waals surface area contributed by atoms with E-state index in [1.807, 2.05) is 30.3 Å². The summed E-state index contributed by atoms with van der Waals surface area (Å²) in [5, 5.41) is 9.99. The Morgan fingerprint density at radius 2 is 1.96 bits per heavy atom. The predicted molar refractivity (Wildman–Crippen MR) is 100 cm³/mol. The average Bonchev–Trinajstić information content (AvgIpc) is 2.67. The topological polar surface area (TPSA) is 53.0 Å². The molecule has 1 fully saturated rings. The van der Waals surface area contributed by atoms with Crippen LogP contribution in [0.5, 0.6) is 0 Å². The van der Waals surface area contributed by atoms with Crippen LogP contribution in [0.3, 0.4) is 0 Å². The number of fused-ring (bicyclic) bond motifs is 3. The molecule has 6 heteroatoms. The van der Waals surface area contributed by atoms with Crippen LogP contribution in [0.1, 0.15) is 17.0 Å². The second-order valence-electron chi connectivity index (χ2n) is 7.10. The van der Waals surface area contributed by atoms with E-state index in [1.54, 1.807) is 17.0 Å². The molecule has 0 unspecified atom stereocenters. The number of aliphatic hydroxyl groups is 1. The summed E-state index contributed by atoms with van der Waals surface area (Å²) in [6.07, 6.45) is 0. The molecule has 5 nitrogen and oxygen atoms in total. The Bertz CT molecular complexity index is 844. The molecular weight excluding hydrogens is 347 g/mol. The van der Waals surface area contributed by atoms with E-state index in [2.05, 4.69) is 4.90 Å². The van der Waals surface area contributed by atoms with Crippen molar-refractivity contribution in [1.29, 1.82) is 0 Å². The van der Waals surface area contributed by atoms with Gasteiger partial charge in [-0.3, -0.25) is 9.69 Å². The first-order valence-corrected chi connectivity index (χ1v) is 9.14. The lowest BCUT2D eigenvalue weighted by Crippen LogP contribution is -2.69. The van der Waals surface area contributed by atoms with Gasteiger partial charge in [0.25, 0.3) is 5.91 Å². The van der Waals surface area contributed by atoms with Crippen LogP contribution in [0.2, 0.25) is 0 Å². The maximum absolute atomic E-state index is 14.1. The van der Waals surface area contributed by atoms with Gasteiger partial charge in [0.15, 0.2) is 0 Å². The molecule has 2 aromatic rings. The summed E-state index contributed by atoms with van der Waals surface area (Å²) >= 11 is 0. The highest BCUT2D eigenvalue weighted by Gasteiger charge is 2.53. The van der Waals surface area contributed by atoms with E-state index in [9.17, 15) is 14.3 Å². The first-order chi connectivity index (χ1) is 13.2. The highest BCUT2D eigenvalue weighted by Crippen LogP contribution is 2.48. The normalized spacial score (nSPS) is 24.1. The molecule has 27 heavy (non-hydrogen) atoms. The SMILES string of the molecule is COCC(=O)N1C[C@@H]2[C@H](c3ccccc31)[C@H](CO)N2Cc1ccccc1F. The maximum Gasteiger partial charge on any atom is 0.253 e. The fourth-order valence-electron chi connectivity index (χ4n) is 4.46. The van der Waals surface area contributed by atoms with Crippen LogP contribution in [-0.2, 0) is 16.1 Å². The Morgan fingerprint density at radius 3 is 2.70 bits per heavy atom. The zero-order chi connectivity index (χ0) is 19.0. The number of ether oxygens (including phenoxy) is 1. The molecule has 4 rings (SSSR count). The number of aliphatic hydroxyl groups excluding tert-OH is 1. The molecule has 1 N–H and O–H groups in total. The molecule has 0 radical (unpaired) electrons. The van der Waals surface area contributed by atoms with Gasteiger partial charge in [-0.25, -0.2) is 4.39 Å². The summed E-state index contributed by atoms with van der Waals surface area (Å²) in [5.74, 6) is -0.215. The van der Waals surface area contributed by atoms with Crippen molar-refractivity contribution in [1.82, 2.24) is 4.90 Å². The zero-order valence-corrected chi connectivity index (χ0v) is 15.2. The van der Waals surface area contributed by atoms with Gasteiger partial charge in [-0.1, -0.05) is 36.4 Å². The van der Waals surface area contributed by atoms with Gasteiger partial charge in [-0.05, 0) is 17.7 Å². The number of halogens is 1. The molecule has 142 valence electrons. The first-order valence-electron chi connectivity index (χ1n) is 9.14. The lowest BCUT2D eigenvalue weighted by Gasteiger charge is -2.59. The van der Waals surface area contributed by atoms with E-state index in [1.165, 1.54) is 13.2 Å². The van der Waals surface area contributed by atoms with Gasteiger partial charge < -0.3 is 14.7 Å². The second-order valence-corrected chi connectivity index (χ2v) is 7.10. The number of likely N-dealkylation sites (tertiary alicyclic amines) is 1. The standard InChI is InChI=1S/C21H23FN2O3/c1-27-13-20(26)24-11-18-21(15-7-3-5-9-17(15)24)19(12-25)23(18)10-14-6-2-4-8-16(14)22/h2-9,18-19,21,25H,10-13H2,1H3/t18-,19+,21+/m1/s1. The fraction of sp³-hybridized carbons (Fsp3) is 0.381. The Labute approximate surface area is 158 Å². The summed E-state index contributed by atoms with van der Waals surface area (Å²) < 4.78 is 19.2. The van der Waals surface area contributed by atoms with E-state index in [0.717, 1.165) is 11.3 Å². The van der Waals surface area contributed by atoms with Crippen LogP contribution in [0.4, 0.5) is 10.1 Å². The number of methoxy groups -OCH3 is 1. The predicted octanol–water partition coefficient (Wildman–Crippen LogP) is 2.15. The van der Waals surface area contributed by atoms with E-state index in [0.29, 0.717) is 18.7 Å². The Kier molecular flexibility index (Phi) is 4.95. The molecule has 2 aliphatic heterocycles. The van der Waals surface area contributed by atoms with Crippen molar-refractivity contribution in [2.45, 2.75) is 24.5 Å². The average molecular weight is 370 g/mol. The van der Waals surface area contributed by atoms with E-state index in [4.69, 9.17) is 4.74 Å². The lowest BCUT2D eigenvalue weighted by atomic mass is 9.71. The number of carbonyl (C=O) groups excluding carboxylic acids is 1. The minimum atomic E-state index is -0.249. The zero-order valence-electron chi connectivity index (χ0n) is 15.2. The monoisotopic (exact) mass is 370 g/mol. The highest BCUT2D eigenvalue weighted by molar-refractivity contribution is 5.96. The summed E-state index contributed by atoms with van der Waals surface area (Å²) in [5.41, 5.74) is 2.54. The van der Waals surface area contributed by atoms with Crippen molar-refractivity contribution in [3.8, 4) is 0 Å². The minimum absolute atomic E-state index is 0.00400. The minimum Gasteiger partial charge on any atom is -0.395 e. The summed E-state index contributed by atoms with van der Waals surface area (Å²) in [7, 11) is 1.51. The van der Waals surface area contributed by atoms with Gasteiger partial charge in [0, 0.05) is 49.5 Å². The van der Waals surface area contributed by atoms with E-state index < -0.39 is 0 Å². The van der Waals surface area contributed by atoms with Crippen molar-refractivity contribution in [3.05, 3.63) is 65.5 Å². The largest absolute Gasteiger partial charge is 0.395 e. The van der Waals surface area contributed by atoms with Gasteiger partial charge in [-0.2, -0.15) is 0 Å². The number of para-hydroxylation sites is 1. The van der Waals surface area contributed by atoms with E-state index in [-0.39, 0.29) is 42.9 Å². The van der Waals surface area contributed by atoms with Crippen LogP contribution < -0.4 is 4.90 Å². The van der Waals surface area contributed by atoms with Gasteiger partial charge >= 0.3 is 0 Å². The Hall–Kier alpha value is -2.28. The number of amides is 1. The van der Waals surface area contributed by atoms with Crippen molar-refractivity contribution >= 4 is 11.6 Å². The van der Waals surface area contributed by atoms with Crippen LogP contribution in [0.15, 0.2) is 48.5 Å². The Morgan fingerprint density at radius 1 is 1.22 bits per heavy atom. The smallest absolute Gasteiger partial charge is 0.253 e. The quantitative estimate of drug-likeness (QED) is 0.876. The molecule has 0 saturated carbocycles. The molecule has 0 aromatic heterocycles. The molecule has 2 heterocycles. The summed E-state index contributed by atoms with van der Waals surface area (Å²) in [4.78, 5) is 16.4. The number of benzene rings is 2. The summed E-state index contributed by atoms with van der Waals surface area (Å²) in [6.45, 7) is 0.931. The number of hydrogen-bond acceptors (Lipinski definition) is 4. The molecule has 0 spiro atoms. The van der Waals surface area contributed by atoms with Gasteiger partial charge in [0.1, 0.15) is 12.4 Å². The van der Waals surface area contributed by atoms with Crippen LogP contribution in [-0.4, -0.2) is 54.9 Å². The van der Waals surface area contributed by atoms with Gasteiger partial charge in [0.05, 0.1) is 6.61 Å².